The average Bonchev–Trinajstić information content (AvgIpc) is 2.39. The number of nitrogens with two attached hydrogens (primary N) is 1. The Kier molecular flexibility index (Phi) is 4.95. The van der Waals surface area contributed by atoms with Crippen LogP contribution in [0.15, 0.2) is 24.5 Å². The average molecular weight is 233 g/mol. The molecule has 3 heteroatoms. The zero-order valence-electron chi connectivity index (χ0n) is 10.5. The second-order valence-electron chi connectivity index (χ2n) is 4.87. The van der Waals surface area contributed by atoms with Gasteiger partial charge >= 0.3 is 0 Å². The van der Waals surface area contributed by atoms with Gasteiger partial charge < -0.3 is 10.6 Å². The Hall–Kier alpha value is -0.930. The molecule has 0 radical (unpaired) electrons. The molecule has 0 spiro atoms. The van der Waals surface area contributed by atoms with Crippen LogP contribution in [-0.2, 0) is 6.42 Å². The molecule has 0 bridgehead atoms. The Morgan fingerprint density at radius 3 is 2.88 bits per heavy atom. The van der Waals surface area contributed by atoms with E-state index in [1.165, 1.54) is 31.4 Å². The van der Waals surface area contributed by atoms with Crippen LogP contribution in [-0.4, -0.2) is 35.6 Å². The van der Waals surface area contributed by atoms with E-state index in [0.717, 1.165) is 32.0 Å². The summed E-state index contributed by atoms with van der Waals surface area (Å²) in [5.74, 6) is 0. The molecule has 1 saturated heterocycles. The molecule has 0 amide bonds. The summed E-state index contributed by atoms with van der Waals surface area (Å²) in [6.07, 6.45) is 10.1. The van der Waals surface area contributed by atoms with E-state index < -0.39 is 0 Å². The van der Waals surface area contributed by atoms with Crippen LogP contribution in [0.2, 0.25) is 0 Å². The molecule has 3 nitrogen and oxygen atoms in total. The van der Waals surface area contributed by atoms with E-state index in [2.05, 4.69) is 22.0 Å². The highest BCUT2D eigenvalue weighted by molar-refractivity contribution is 5.10. The van der Waals surface area contributed by atoms with Crippen LogP contribution in [0.4, 0.5) is 0 Å². The number of hydrogen-bond donors (Lipinski definition) is 1. The van der Waals surface area contributed by atoms with Crippen molar-refractivity contribution in [2.24, 2.45) is 5.73 Å². The van der Waals surface area contributed by atoms with Gasteiger partial charge in [-0.1, -0.05) is 6.42 Å². The predicted octanol–water partition coefficient (Wildman–Crippen LogP) is 1.83. The zero-order chi connectivity index (χ0) is 11.9. The maximum absolute atomic E-state index is 5.69. The summed E-state index contributed by atoms with van der Waals surface area (Å²) in [5, 5.41) is 0. The van der Waals surface area contributed by atoms with Crippen LogP contribution in [0.25, 0.3) is 0 Å². The first-order valence-electron chi connectivity index (χ1n) is 6.73. The number of rotatable bonds is 5. The Balaban J connectivity index is 1.84. The summed E-state index contributed by atoms with van der Waals surface area (Å²) in [5.41, 5.74) is 7.08. The minimum absolute atomic E-state index is 0.718. The predicted molar refractivity (Wildman–Crippen MR) is 70.8 cm³/mol. The summed E-state index contributed by atoms with van der Waals surface area (Å²) in [6, 6.07) is 4.94. The SMILES string of the molecule is NCCC1CCCCN1CCc1ccncc1. The number of likely N-dealkylation sites (tertiary alicyclic amines) is 1. The van der Waals surface area contributed by atoms with Gasteiger partial charge in [0.25, 0.3) is 0 Å². The lowest BCUT2D eigenvalue weighted by atomic mass is 9.98. The Morgan fingerprint density at radius 2 is 2.12 bits per heavy atom. The topological polar surface area (TPSA) is 42.1 Å². The number of hydrogen-bond acceptors (Lipinski definition) is 3. The van der Waals surface area contributed by atoms with Crippen LogP contribution in [0.1, 0.15) is 31.2 Å². The fourth-order valence-electron chi connectivity index (χ4n) is 2.70. The van der Waals surface area contributed by atoms with Crippen molar-refractivity contribution in [3.05, 3.63) is 30.1 Å². The lowest BCUT2D eigenvalue weighted by Gasteiger charge is -2.35. The van der Waals surface area contributed by atoms with Crippen LogP contribution < -0.4 is 5.73 Å². The highest BCUT2D eigenvalue weighted by Gasteiger charge is 2.20. The molecular weight excluding hydrogens is 210 g/mol. The van der Waals surface area contributed by atoms with Gasteiger partial charge in [-0.25, -0.2) is 0 Å². The standard InChI is InChI=1S/C14H23N3/c15-8-4-14-3-1-2-11-17(14)12-7-13-5-9-16-10-6-13/h5-6,9-10,14H,1-4,7-8,11-12,15H2. The molecule has 2 rings (SSSR count). The molecule has 17 heavy (non-hydrogen) atoms. The summed E-state index contributed by atoms with van der Waals surface area (Å²) < 4.78 is 0. The molecule has 1 aromatic rings. The van der Waals surface area contributed by atoms with Crippen molar-refractivity contribution in [3.63, 3.8) is 0 Å². The van der Waals surface area contributed by atoms with E-state index in [0.29, 0.717) is 0 Å². The highest BCUT2D eigenvalue weighted by atomic mass is 15.2. The van der Waals surface area contributed by atoms with E-state index in [1.54, 1.807) is 0 Å². The van der Waals surface area contributed by atoms with Gasteiger partial charge in [0.05, 0.1) is 0 Å². The molecule has 2 heterocycles. The van der Waals surface area contributed by atoms with Crippen molar-refractivity contribution in [2.45, 2.75) is 38.1 Å². The quantitative estimate of drug-likeness (QED) is 0.843. The Labute approximate surface area is 104 Å². The Morgan fingerprint density at radius 1 is 1.29 bits per heavy atom. The summed E-state index contributed by atoms with van der Waals surface area (Å²) in [4.78, 5) is 6.68. The van der Waals surface area contributed by atoms with Crippen LogP contribution in [0, 0.1) is 0 Å². The van der Waals surface area contributed by atoms with Crippen LogP contribution in [0.5, 0.6) is 0 Å². The lowest BCUT2D eigenvalue weighted by Crippen LogP contribution is -2.41. The first-order chi connectivity index (χ1) is 8.40. The monoisotopic (exact) mass is 233 g/mol. The van der Waals surface area contributed by atoms with Crippen LogP contribution in [0.3, 0.4) is 0 Å². The number of pyridine rings is 1. The molecule has 0 aliphatic carbocycles. The van der Waals surface area contributed by atoms with Crippen molar-refractivity contribution < 1.29 is 0 Å². The molecule has 1 atom stereocenters. The van der Waals surface area contributed by atoms with E-state index in [-0.39, 0.29) is 0 Å². The summed E-state index contributed by atoms with van der Waals surface area (Å²) in [7, 11) is 0. The van der Waals surface area contributed by atoms with Crippen molar-refractivity contribution in [3.8, 4) is 0 Å². The van der Waals surface area contributed by atoms with Gasteiger partial charge in [-0.3, -0.25) is 4.98 Å². The zero-order valence-corrected chi connectivity index (χ0v) is 10.5. The van der Waals surface area contributed by atoms with Gasteiger partial charge in [0, 0.05) is 25.0 Å². The van der Waals surface area contributed by atoms with Gasteiger partial charge in [0.15, 0.2) is 0 Å². The van der Waals surface area contributed by atoms with E-state index in [1.807, 2.05) is 12.4 Å². The van der Waals surface area contributed by atoms with Crippen molar-refractivity contribution in [2.75, 3.05) is 19.6 Å². The lowest BCUT2D eigenvalue weighted by molar-refractivity contribution is 0.144. The molecule has 1 unspecified atom stereocenters. The van der Waals surface area contributed by atoms with Crippen molar-refractivity contribution in [1.29, 1.82) is 0 Å². The van der Waals surface area contributed by atoms with E-state index in [9.17, 15) is 0 Å². The third-order valence-corrected chi connectivity index (χ3v) is 3.69. The third kappa shape index (κ3) is 3.79. The molecule has 1 fully saturated rings. The second-order valence-corrected chi connectivity index (χ2v) is 4.87. The molecular formula is C14H23N3. The number of nitrogens with zero attached hydrogens (tertiary/aromatic N) is 2. The molecule has 1 aromatic heterocycles. The minimum atomic E-state index is 0.718. The first-order valence-corrected chi connectivity index (χ1v) is 6.73. The molecule has 1 aliphatic heterocycles. The summed E-state index contributed by atoms with van der Waals surface area (Å²) >= 11 is 0. The van der Waals surface area contributed by atoms with Gasteiger partial charge in [0.2, 0.25) is 0 Å². The minimum Gasteiger partial charge on any atom is -0.330 e. The maximum Gasteiger partial charge on any atom is 0.0270 e. The van der Waals surface area contributed by atoms with Gasteiger partial charge in [-0.05, 0) is 56.5 Å². The molecule has 2 N–H and O–H groups in total. The maximum atomic E-state index is 5.69. The number of aromatic nitrogens is 1. The van der Waals surface area contributed by atoms with Crippen LogP contribution >= 0.6 is 0 Å². The fraction of sp³-hybridized carbons (Fsp3) is 0.643. The molecule has 0 aromatic carbocycles. The smallest absolute Gasteiger partial charge is 0.0270 e. The first kappa shape index (κ1) is 12.5. The number of piperidine rings is 1. The highest BCUT2D eigenvalue weighted by Crippen LogP contribution is 2.19. The van der Waals surface area contributed by atoms with Gasteiger partial charge in [-0.2, -0.15) is 0 Å². The van der Waals surface area contributed by atoms with E-state index in [4.69, 9.17) is 5.73 Å². The second kappa shape index (κ2) is 6.72. The Bertz CT molecular complexity index is 311. The summed E-state index contributed by atoms with van der Waals surface area (Å²) in [6.45, 7) is 3.22. The van der Waals surface area contributed by atoms with Crippen molar-refractivity contribution >= 4 is 0 Å². The molecule has 0 saturated carbocycles. The van der Waals surface area contributed by atoms with Gasteiger partial charge in [-0.15, -0.1) is 0 Å². The third-order valence-electron chi connectivity index (χ3n) is 3.69. The fourth-order valence-corrected chi connectivity index (χ4v) is 2.70. The molecule has 1 aliphatic rings. The van der Waals surface area contributed by atoms with E-state index >= 15 is 0 Å². The van der Waals surface area contributed by atoms with Crippen molar-refractivity contribution in [1.82, 2.24) is 9.88 Å². The largest absolute Gasteiger partial charge is 0.330 e. The molecule has 94 valence electrons. The van der Waals surface area contributed by atoms with Gasteiger partial charge in [0.1, 0.15) is 0 Å². The normalized spacial score (nSPS) is 21.6.